The highest BCUT2D eigenvalue weighted by molar-refractivity contribution is 9.09. The van der Waals surface area contributed by atoms with Gasteiger partial charge in [-0.2, -0.15) is 0 Å². The molecule has 0 aromatic rings. The Hall–Kier alpha value is -1.72. The Morgan fingerprint density at radius 2 is 1.56 bits per heavy atom. The molecule has 27 heavy (non-hydrogen) atoms. The first-order valence-electron chi connectivity index (χ1n) is 10.4. The summed E-state index contributed by atoms with van der Waals surface area (Å²) in [6.45, 7) is -3.90. The molecule has 1 fully saturated rings. The van der Waals surface area contributed by atoms with Gasteiger partial charge in [0.25, 0.3) is 0 Å². The second kappa shape index (κ2) is 10.00. The highest BCUT2D eigenvalue weighted by Gasteiger charge is 2.59. The molecule has 1 N–H and O–H groups in total. The molecule has 0 radical (unpaired) electrons. The van der Waals surface area contributed by atoms with Crippen LogP contribution in [0.5, 0.6) is 0 Å². The number of esters is 4. The maximum absolute atomic E-state index is 11.9. The predicted octanol–water partition coefficient (Wildman–Crippen LogP) is 0.217. The summed E-state index contributed by atoms with van der Waals surface area (Å²) < 4.78 is 54.1. The van der Waals surface area contributed by atoms with E-state index >= 15 is 0 Å². The lowest BCUT2D eigenvalue weighted by molar-refractivity contribution is -0.352. The number of aliphatic hydroxyl groups is 1. The van der Waals surface area contributed by atoms with E-state index in [2.05, 4.69) is 15.9 Å². The van der Waals surface area contributed by atoms with Gasteiger partial charge in [-0.3, -0.25) is 19.2 Å². The molecular formula is C16H23BrO10. The van der Waals surface area contributed by atoms with Crippen molar-refractivity contribution in [2.24, 2.45) is 0 Å². The molecule has 10 nitrogen and oxygen atoms in total. The number of alkyl halides is 1. The van der Waals surface area contributed by atoms with Crippen LogP contribution in [0.1, 0.15) is 39.5 Å². The minimum atomic E-state index is -2.33. The number of carbonyl (C=O) groups excluding carboxylic acids is 4. The first kappa shape index (κ1) is 17.4. The van der Waals surface area contributed by atoms with E-state index in [1.807, 2.05) is 0 Å². The summed E-state index contributed by atoms with van der Waals surface area (Å²) in [6, 6.07) is 0. The molecule has 1 rings (SSSR count). The lowest BCUT2D eigenvalue weighted by Crippen LogP contribution is -2.68. The fourth-order valence-corrected chi connectivity index (χ4v) is 3.12. The standard InChI is InChI=1S/C16H23BrO10/c1-8(18)23-7-12-13(24-9(2)19)14(25-10(3)20)15(26-11(4)21)16(22,27-12)5-6-17/h12-15,22H,5-7H2,1-4H3/t12-,13-,14+,15+,16?/m1/s1/i1D,2D,3D,4D. The molecule has 0 amide bonds. The van der Waals surface area contributed by atoms with E-state index in [0.29, 0.717) is 0 Å². The van der Waals surface area contributed by atoms with Gasteiger partial charge in [-0.05, 0) is 0 Å². The van der Waals surface area contributed by atoms with Crippen molar-refractivity contribution >= 4 is 39.8 Å². The lowest BCUT2D eigenvalue weighted by Gasteiger charge is -2.48. The molecule has 5 atom stereocenters. The average Bonchev–Trinajstić information content (AvgIpc) is 2.75. The van der Waals surface area contributed by atoms with E-state index in [9.17, 15) is 24.3 Å². The predicted molar refractivity (Wildman–Crippen MR) is 91.5 cm³/mol. The molecule has 0 saturated carbocycles. The molecule has 11 heteroatoms. The number of hydrogen-bond donors (Lipinski definition) is 1. The van der Waals surface area contributed by atoms with Gasteiger partial charge in [0.15, 0.2) is 18.3 Å². The normalized spacial score (nSPS) is 32.1. The van der Waals surface area contributed by atoms with E-state index in [4.69, 9.17) is 29.2 Å². The highest BCUT2D eigenvalue weighted by Crippen LogP contribution is 2.36. The monoisotopic (exact) mass is 458 g/mol. The minimum Gasteiger partial charge on any atom is -0.463 e. The summed E-state index contributed by atoms with van der Waals surface area (Å²) in [5.74, 6) is -6.61. The number of halogens is 1. The largest absolute Gasteiger partial charge is 0.463 e. The van der Waals surface area contributed by atoms with Gasteiger partial charge in [0, 0.05) is 44.8 Å². The Morgan fingerprint density at radius 3 is 2.11 bits per heavy atom. The summed E-state index contributed by atoms with van der Waals surface area (Å²) >= 11 is 3.10. The van der Waals surface area contributed by atoms with Crippen LogP contribution in [-0.4, -0.2) is 71.1 Å². The Kier molecular flexibility index (Phi) is 6.44. The summed E-state index contributed by atoms with van der Waals surface area (Å²) in [6.07, 6.45) is -6.76. The number of rotatable bonds is 7. The molecule has 0 bridgehead atoms. The van der Waals surface area contributed by atoms with E-state index in [1.54, 1.807) is 0 Å². The number of hydrogen-bond acceptors (Lipinski definition) is 10. The number of carbonyl (C=O) groups is 4. The fourth-order valence-electron chi connectivity index (χ4n) is 2.55. The Balaban J connectivity index is 3.43. The fraction of sp³-hybridized carbons (Fsp3) is 0.750. The van der Waals surface area contributed by atoms with Crippen molar-refractivity contribution in [2.75, 3.05) is 11.9 Å². The van der Waals surface area contributed by atoms with Gasteiger partial charge in [0.2, 0.25) is 5.79 Å². The minimum absolute atomic E-state index is 0.105. The second-order valence-corrected chi connectivity index (χ2v) is 6.24. The van der Waals surface area contributed by atoms with Crippen molar-refractivity contribution in [1.29, 1.82) is 0 Å². The summed E-state index contributed by atoms with van der Waals surface area (Å²) in [7, 11) is 0. The average molecular weight is 459 g/mol. The molecule has 1 aliphatic rings. The lowest BCUT2D eigenvalue weighted by atomic mass is 9.90. The van der Waals surface area contributed by atoms with E-state index < -0.39 is 88.3 Å². The van der Waals surface area contributed by atoms with Crippen molar-refractivity contribution in [3.63, 3.8) is 0 Å². The quantitative estimate of drug-likeness (QED) is 0.320. The van der Waals surface area contributed by atoms with Gasteiger partial charge < -0.3 is 28.8 Å². The molecule has 1 aliphatic heterocycles. The summed E-state index contributed by atoms with van der Waals surface area (Å²) in [5, 5.41) is 11.2. The molecular weight excluding hydrogens is 432 g/mol. The third-order valence-corrected chi connectivity index (χ3v) is 3.84. The summed E-state index contributed by atoms with van der Waals surface area (Å²) in [5.41, 5.74) is 0. The van der Waals surface area contributed by atoms with Crippen LogP contribution in [0, 0.1) is 0 Å². The van der Waals surface area contributed by atoms with Crippen LogP contribution in [0.3, 0.4) is 0 Å². The Morgan fingerprint density at radius 1 is 1.00 bits per heavy atom. The topological polar surface area (TPSA) is 135 Å². The van der Waals surface area contributed by atoms with Crippen molar-refractivity contribution in [3.8, 4) is 0 Å². The third kappa shape index (κ3) is 6.74. The molecule has 1 saturated heterocycles. The number of ether oxygens (including phenoxy) is 5. The molecule has 0 aliphatic carbocycles. The zero-order valence-electron chi connectivity index (χ0n) is 18.3. The zero-order chi connectivity index (χ0) is 23.6. The van der Waals surface area contributed by atoms with Gasteiger partial charge in [-0.25, -0.2) is 0 Å². The van der Waals surface area contributed by atoms with Crippen molar-refractivity contribution in [3.05, 3.63) is 0 Å². The first-order valence-corrected chi connectivity index (χ1v) is 8.65. The van der Waals surface area contributed by atoms with Crippen LogP contribution in [0.4, 0.5) is 0 Å². The first-order chi connectivity index (χ1) is 14.6. The Labute approximate surface area is 170 Å². The van der Waals surface area contributed by atoms with Crippen LogP contribution >= 0.6 is 15.9 Å². The van der Waals surface area contributed by atoms with Crippen LogP contribution in [0.2, 0.25) is 0 Å². The van der Waals surface area contributed by atoms with Crippen LogP contribution in [0.25, 0.3) is 0 Å². The molecule has 0 aromatic heterocycles. The maximum atomic E-state index is 11.9. The summed E-state index contributed by atoms with van der Waals surface area (Å²) in [4.78, 5) is 46.9. The van der Waals surface area contributed by atoms with Crippen molar-refractivity contribution in [1.82, 2.24) is 0 Å². The van der Waals surface area contributed by atoms with Gasteiger partial charge >= 0.3 is 23.9 Å². The Bertz CT molecular complexity index is 654. The zero-order valence-corrected chi connectivity index (χ0v) is 15.8. The van der Waals surface area contributed by atoms with E-state index in [0.717, 1.165) is 0 Å². The van der Waals surface area contributed by atoms with E-state index in [-0.39, 0.29) is 11.8 Å². The second-order valence-electron chi connectivity index (χ2n) is 5.44. The van der Waals surface area contributed by atoms with Gasteiger partial charge in [0.1, 0.15) is 12.7 Å². The molecule has 0 spiro atoms. The molecule has 154 valence electrons. The molecule has 1 unspecified atom stereocenters. The van der Waals surface area contributed by atoms with Gasteiger partial charge in [-0.1, -0.05) is 15.9 Å². The van der Waals surface area contributed by atoms with Crippen LogP contribution in [0.15, 0.2) is 0 Å². The molecule has 1 heterocycles. The smallest absolute Gasteiger partial charge is 0.303 e. The van der Waals surface area contributed by atoms with Crippen LogP contribution in [-0.2, 0) is 42.9 Å². The van der Waals surface area contributed by atoms with E-state index in [1.165, 1.54) is 0 Å². The highest BCUT2D eigenvalue weighted by atomic mass is 79.9. The van der Waals surface area contributed by atoms with Crippen molar-refractivity contribution in [2.45, 2.75) is 64.2 Å². The van der Waals surface area contributed by atoms with Gasteiger partial charge in [-0.15, -0.1) is 0 Å². The van der Waals surface area contributed by atoms with Crippen molar-refractivity contribution < 1.29 is 53.5 Å². The van der Waals surface area contributed by atoms with Crippen LogP contribution < -0.4 is 0 Å². The SMILES string of the molecule is [2H]CC(=O)OC[C@H]1OC(O)(CCBr)[C@@H](OC(=O)C[2H])[C@@H](OC(=O)C[2H])[C@@H]1OC(=O)C[2H]. The van der Waals surface area contributed by atoms with Gasteiger partial charge in [0.05, 0.1) is 0 Å². The maximum Gasteiger partial charge on any atom is 0.303 e. The third-order valence-electron chi connectivity index (χ3n) is 3.44. The molecule has 0 aromatic carbocycles.